The number of hydrogen-bond donors (Lipinski definition) is 2. The van der Waals surface area contributed by atoms with Crippen molar-refractivity contribution in [2.45, 2.75) is 33.4 Å². The first-order valence-electron chi connectivity index (χ1n) is 15.8. The summed E-state index contributed by atoms with van der Waals surface area (Å²) in [6, 6.07) is 17.4. The number of imidazole rings is 1. The molecule has 0 fully saturated rings. The Labute approximate surface area is 279 Å². The van der Waals surface area contributed by atoms with Gasteiger partial charge in [-0.05, 0) is 61.3 Å². The highest BCUT2D eigenvalue weighted by Gasteiger charge is 2.25. The monoisotopic (exact) mass is 642 g/mol. The number of nitrogens with zero attached hydrogens (tertiary/aromatic N) is 6. The van der Waals surface area contributed by atoms with E-state index in [1.54, 1.807) is 36.7 Å². The van der Waals surface area contributed by atoms with Crippen LogP contribution in [0.25, 0.3) is 16.8 Å². The first kappa shape index (κ1) is 30.9. The largest absolute Gasteiger partial charge is 0.481 e. The number of methoxy groups -OCH3 is 1. The molecule has 1 amide bonds. The van der Waals surface area contributed by atoms with Gasteiger partial charge in [0.15, 0.2) is 11.6 Å². The molecule has 0 radical (unpaired) electrons. The molecular weight excluding hydrogens is 604 g/mol. The van der Waals surface area contributed by atoms with Crippen molar-refractivity contribution in [2.75, 3.05) is 36.4 Å². The van der Waals surface area contributed by atoms with Crippen LogP contribution in [0.2, 0.25) is 0 Å². The summed E-state index contributed by atoms with van der Waals surface area (Å²) in [5.74, 6) is 1.59. The van der Waals surface area contributed by atoms with E-state index in [4.69, 9.17) is 14.6 Å². The lowest BCUT2D eigenvalue weighted by Crippen LogP contribution is -2.27. The molecule has 3 aromatic heterocycles. The number of amides is 1. The minimum absolute atomic E-state index is 0.260. The Kier molecular flexibility index (Phi) is 8.06. The Morgan fingerprint density at radius 2 is 1.69 bits per heavy atom. The van der Waals surface area contributed by atoms with Crippen LogP contribution in [-0.4, -0.2) is 51.0 Å². The summed E-state index contributed by atoms with van der Waals surface area (Å²) < 4.78 is 7.40. The molecule has 0 unspecified atom stereocenters. The van der Waals surface area contributed by atoms with Crippen LogP contribution in [-0.2, 0) is 26.6 Å². The van der Waals surface area contributed by atoms with E-state index in [9.17, 15) is 4.79 Å². The lowest BCUT2D eigenvalue weighted by atomic mass is 9.94. The quantitative estimate of drug-likeness (QED) is 0.206. The molecule has 244 valence electrons. The van der Waals surface area contributed by atoms with Crippen LogP contribution in [0, 0.1) is 13.8 Å². The van der Waals surface area contributed by atoms with Crippen LogP contribution < -0.4 is 25.3 Å². The molecular formula is C37H38N8O3. The lowest BCUT2D eigenvalue weighted by Gasteiger charge is -2.21. The maximum absolute atomic E-state index is 13.4. The van der Waals surface area contributed by atoms with E-state index < -0.39 is 0 Å². The summed E-state index contributed by atoms with van der Waals surface area (Å²) >= 11 is 0. The van der Waals surface area contributed by atoms with Crippen molar-refractivity contribution < 1.29 is 14.4 Å². The molecule has 0 bridgehead atoms. The lowest BCUT2D eigenvalue weighted by molar-refractivity contribution is 0.102. The number of rotatable bonds is 8. The van der Waals surface area contributed by atoms with Crippen molar-refractivity contribution >= 4 is 28.7 Å². The van der Waals surface area contributed by atoms with E-state index in [1.165, 1.54) is 5.69 Å². The Morgan fingerprint density at radius 1 is 0.958 bits per heavy atom. The number of hydrogen-bond acceptors (Lipinski definition) is 9. The standard InChI is InChI=1S/C37H38N8O3/c1-22-27(9-7-11-29(22)40-24(3)36-41-32-21-43(4)16-14-33(32)44(36)5)28-10-8-12-30(23(28)2)42-37(46)31-18-34-25(19-39-31)20-45(48-34)26-13-15-38-35(17-26)47-6/h7-13,15,17-19,40H,3,14,16,20-21H2,1-2,4-6H3,(H,42,46). The van der Waals surface area contributed by atoms with Crippen LogP contribution in [0.5, 0.6) is 11.6 Å². The third-order valence-corrected chi connectivity index (χ3v) is 9.12. The van der Waals surface area contributed by atoms with E-state index in [1.807, 2.05) is 31.2 Å². The predicted molar refractivity (Wildman–Crippen MR) is 187 cm³/mol. The molecule has 2 aliphatic rings. The van der Waals surface area contributed by atoms with Gasteiger partial charge in [-0.15, -0.1) is 0 Å². The summed E-state index contributed by atoms with van der Waals surface area (Å²) in [4.78, 5) is 35.3. The Balaban J connectivity index is 1.08. The van der Waals surface area contributed by atoms with E-state index in [0.29, 0.717) is 23.9 Å². The molecule has 7 rings (SSSR count). The number of fused-ring (bicyclic) bond motifs is 2. The van der Waals surface area contributed by atoms with Crippen LogP contribution in [0.3, 0.4) is 0 Å². The van der Waals surface area contributed by atoms with Crippen LogP contribution in [0.15, 0.2) is 73.6 Å². The number of anilines is 3. The van der Waals surface area contributed by atoms with Gasteiger partial charge in [0.05, 0.1) is 30.7 Å². The number of carbonyl (C=O) groups excluding carboxylic acids is 1. The molecule has 11 nitrogen and oxygen atoms in total. The fraction of sp³-hybridized carbons (Fsp3) is 0.243. The highest BCUT2D eigenvalue weighted by Crippen LogP contribution is 2.36. The third kappa shape index (κ3) is 5.73. The number of hydroxylamine groups is 1. The summed E-state index contributed by atoms with van der Waals surface area (Å²) in [5.41, 5.74) is 10.8. The van der Waals surface area contributed by atoms with Crippen molar-refractivity contribution in [3.63, 3.8) is 0 Å². The summed E-state index contributed by atoms with van der Waals surface area (Å²) in [7, 11) is 5.75. The number of ether oxygens (including phenoxy) is 1. The Hall–Kier alpha value is -5.68. The molecule has 5 aromatic rings. The molecule has 11 heteroatoms. The van der Waals surface area contributed by atoms with E-state index in [2.05, 4.69) is 75.9 Å². The van der Waals surface area contributed by atoms with Crippen LogP contribution in [0.1, 0.15) is 44.4 Å². The number of benzene rings is 2. The molecule has 0 spiro atoms. The van der Waals surface area contributed by atoms with Crippen molar-refractivity contribution in [1.29, 1.82) is 0 Å². The van der Waals surface area contributed by atoms with Gasteiger partial charge in [-0.2, -0.15) is 0 Å². The van der Waals surface area contributed by atoms with Gasteiger partial charge < -0.3 is 29.7 Å². The topological polar surface area (TPSA) is 110 Å². The molecule has 0 atom stereocenters. The molecule has 2 aliphatic heterocycles. The fourth-order valence-electron chi connectivity index (χ4n) is 6.37. The van der Waals surface area contributed by atoms with Gasteiger partial charge in [0.1, 0.15) is 5.69 Å². The van der Waals surface area contributed by atoms with Gasteiger partial charge in [0, 0.05) is 73.7 Å². The summed E-state index contributed by atoms with van der Waals surface area (Å²) in [5, 5.41) is 8.32. The third-order valence-electron chi connectivity index (χ3n) is 9.12. The van der Waals surface area contributed by atoms with Gasteiger partial charge in [-0.3, -0.25) is 9.78 Å². The predicted octanol–water partition coefficient (Wildman–Crippen LogP) is 6.14. The summed E-state index contributed by atoms with van der Waals surface area (Å²) in [6.07, 6.45) is 4.31. The van der Waals surface area contributed by atoms with Crippen molar-refractivity contribution in [3.05, 3.63) is 113 Å². The second kappa shape index (κ2) is 12.5. The zero-order valence-electron chi connectivity index (χ0n) is 27.8. The van der Waals surface area contributed by atoms with Crippen molar-refractivity contribution in [2.24, 2.45) is 7.05 Å². The molecule has 0 aliphatic carbocycles. The van der Waals surface area contributed by atoms with Gasteiger partial charge in [0.2, 0.25) is 5.88 Å². The zero-order chi connectivity index (χ0) is 33.5. The first-order chi connectivity index (χ1) is 23.2. The minimum Gasteiger partial charge on any atom is -0.481 e. The number of aromatic nitrogens is 4. The molecule has 2 aromatic carbocycles. The Morgan fingerprint density at radius 3 is 2.42 bits per heavy atom. The maximum Gasteiger partial charge on any atom is 0.274 e. The van der Waals surface area contributed by atoms with Gasteiger partial charge in [-0.1, -0.05) is 30.8 Å². The maximum atomic E-state index is 13.4. The first-order valence-corrected chi connectivity index (χ1v) is 15.8. The highest BCUT2D eigenvalue weighted by molar-refractivity contribution is 6.04. The van der Waals surface area contributed by atoms with Gasteiger partial charge in [-0.25, -0.2) is 15.0 Å². The Bertz CT molecular complexity index is 2070. The minimum atomic E-state index is -0.321. The summed E-state index contributed by atoms with van der Waals surface area (Å²) in [6.45, 7) is 10.8. The smallest absolute Gasteiger partial charge is 0.274 e. The van der Waals surface area contributed by atoms with E-state index >= 15 is 0 Å². The number of nitrogens with one attached hydrogen (secondary N) is 2. The number of pyridine rings is 2. The van der Waals surface area contributed by atoms with E-state index in [0.717, 1.165) is 75.9 Å². The molecule has 0 saturated heterocycles. The fourth-order valence-corrected chi connectivity index (χ4v) is 6.37. The second-order valence-electron chi connectivity index (χ2n) is 12.3. The van der Waals surface area contributed by atoms with Crippen LogP contribution >= 0.6 is 0 Å². The van der Waals surface area contributed by atoms with Gasteiger partial charge >= 0.3 is 0 Å². The number of likely N-dealkylation sites (N-methyl/N-ethyl adjacent to an activating group) is 1. The zero-order valence-corrected chi connectivity index (χ0v) is 27.8. The van der Waals surface area contributed by atoms with Crippen molar-refractivity contribution in [1.82, 2.24) is 24.4 Å². The average molecular weight is 643 g/mol. The van der Waals surface area contributed by atoms with Crippen molar-refractivity contribution in [3.8, 4) is 22.8 Å². The van der Waals surface area contributed by atoms with Gasteiger partial charge in [0.25, 0.3) is 5.91 Å². The molecule has 0 saturated carbocycles. The molecule has 48 heavy (non-hydrogen) atoms. The van der Waals surface area contributed by atoms with Crippen LogP contribution in [0.4, 0.5) is 17.1 Å². The number of carbonyl (C=O) groups is 1. The van der Waals surface area contributed by atoms with E-state index in [-0.39, 0.29) is 11.6 Å². The second-order valence-corrected chi connectivity index (χ2v) is 12.3. The highest BCUT2D eigenvalue weighted by atomic mass is 16.7. The normalized spacial score (nSPS) is 13.8. The molecule has 5 heterocycles. The molecule has 2 N–H and O–H groups in total. The average Bonchev–Trinajstić information content (AvgIpc) is 3.67. The SMILES string of the molecule is C=C(Nc1cccc(-c2cccc(NC(=O)c3cc4c(cn3)CN(c3ccnc(OC)c3)O4)c2C)c1C)c1nc2c(n1C)CCN(C)C2.